The zero-order chi connectivity index (χ0) is 24.2. The highest BCUT2D eigenvalue weighted by atomic mass is 16.5. The summed E-state index contributed by atoms with van der Waals surface area (Å²) in [4.78, 5) is 31.0. The molecular weight excluding hydrogens is 448 g/mol. The number of hydrogen-bond acceptors (Lipinski definition) is 10. The van der Waals surface area contributed by atoms with E-state index < -0.39 is 6.09 Å². The van der Waals surface area contributed by atoms with Gasteiger partial charge in [0, 0.05) is 31.2 Å². The second kappa shape index (κ2) is 8.42. The highest BCUT2D eigenvalue weighted by molar-refractivity contribution is 5.93. The number of piperidine rings is 1. The predicted molar refractivity (Wildman–Crippen MR) is 130 cm³/mol. The molecule has 0 saturated carbocycles. The molecule has 0 unspecified atom stereocenters. The first-order valence-corrected chi connectivity index (χ1v) is 12.2. The summed E-state index contributed by atoms with van der Waals surface area (Å²) in [5.74, 6) is 1.30. The van der Waals surface area contributed by atoms with Gasteiger partial charge in [-0.2, -0.15) is 0 Å². The van der Waals surface area contributed by atoms with Crippen molar-refractivity contribution in [2.24, 2.45) is 11.1 Å². The predicted octanol–water partition coefficient (Wildman–Crippen LogP) is 2.60. The second-order valence-corrected chi connectivity index (χ2v) is 9.75. The summed E-state index contributed by atoms with van der Waals surface area (Å²) in [7, 11) is 1.34. The van der Waals surface area contributed by atoms with E-state index in [9.17, 15) is 4.79 Å². The third kappa shape index (κ3) is 3.61. The Hall–Kier alpha value is -3.31. The van der Waals surface area contributed by atoms with Crippen molar-refractivity contribution in [1.82, 2.24) is 24.7 Å². The Balaban J connectivity index is 1.35. The highest BCUT2D eigenvalue weighted by Gasteiger charge is 2.47. The fraction of sp³-hybridized carbons (Fsp3) is 0.542. The lowest BCUT2D eigenvalue weighted by Gasteiger charge is -2.41. The Morgan fingerprint density at radius 1 is 1.26 bits per heavy atom. The first kappa shape index (κ1) is 22.2. The molecule has 2 atom stereocenters. The van der Waals surface area contributed by atoms with Gasteiger partial charge in [0.05, 0.1) is 30.8 Å². The van der Waals surface area contributed by atoms with E-state index in [1.807, 2.05) is 12.1 Å². The average Bonchev–Trinajstić information content (AvgIpc) is 3.39. The molecule has 35 heavy (non-hydrogen) atoms. The van der Waals surface area contributed by atoms with Crippen molar-refractivity contribution >= 4 is 34.6 Å². The molecule has 3 aromatic heterocycles. The monoisotopic (exact) mass is 478 g/mol. The molecule has 2 fully saturated rings. The Morgan fingerprint density at radius 2 is 2.09 bits per heavy atom. The molecule has 0 aromatic carbocycles. The molecule has 11 heteroatoms. The van der Waals surface area contributed by atoms with E-state index in [4.69, 9.17) is 25.2 Å². The lowest BCUT2D eigenvalue weighted by Crippen LogP contribution is -2.47. The molecule has 2 N–H and O–H groups in total. The maximum Gasteiger partial charge on any atom is 0.436 e. The van der Waals surface area contributed by atoms with Gasteiger partial charge in [-0.1, -0.05) is 0 Å². The minimum absolute atomic E-state index is 0.0180. The second-order valence-electron chi connectivity index (χ2n) is 9.75. The van der Waals surface area contributed by atoms with Gasteiger partial charge in [0.2, 0.25) is 0 Å². The van der Waals surface area contributed by atoms with Crippen molar-refractivity contribution in [3.63, 3.8) is 0 Å². The molecule has 0 bridgehead atoms. The summed E-state index contributed by atoms with van der Waals surface area (Å²) in [5, 5.41) is 4.61. The number of aromatic nitrogens is 5. The van der Waals surface area contributed by atoms with Crippen LogP contribution in [-0.4, -0.2) is 69.9 Å². The Bertz CT molecular complexity index is 1270. The van der Waals surface area contributed by atoms with Crippen molar-refractivity contribution in [2.75, 3.05) is 36.5 Å². The van der Waals surface area contributed by atoms with E-state index in [1.165, 1.54) is 11.8 Å². The summed E-state index contributed by atoms with van der Waals surface area (Å²) < 4.78 is 12.1. The minimum atomic E-state index is -0.600. The van der Waals surface area contributed by atoms with Gasteiger partial charge in [0.15, 0.2) is 17.0 Å². The number of carbonyl (C=O) groups excluding carboxylic acids is 1. The van der Waals surface area contributed by atoms with Gasteiger partial charge in [-0.25, -0.2) is 14.8 Å². The minimum Gasteiger partial charge on any atom is -0.451 e. The fourth-order valence-electron chi connectivity index (χ4n) is 5.83. The first-order chi connectivity index (χ1) is 17.0. The summed E-state index contributed by atoms with van der Waals surface area (Å²) in [6, 6.07) is 3.93. The van der Waals surface area contributed by atoms with Crippen molar-refractivity contribution in [1.29, 1.82) is 0 Å². The normalized spacial score (nSPS) is 23.6. The van der Waals surface area contributed by atoms with Crippen LogP contribution in [-0.2, 0) is 15.9 Å². The molecular formula is C24H30N8O3. The van der Waals surface area contributed by atoms with Crippen LogP contribution in [0.5, 0.6) is 0 Å². The van der Waals surface area contributed by atoms with Crippen LogP contribution in [0.1, 0.15) is 38.3 Å². The average molecular weight is 479 g/mol. The van der Waals surface area contributed by atoms with Gasteiger partial charge >= 0.3 is 6.09 Å². The fourth-order valence-corrected chi connectivity index (χ4v) is 5.83. The molecule has 3 aromatic rings. The van der Waals surface area contributed by atoms with E-state index in [0.29, 0.717) is 22.8 Å². The molecule has 6 heterocycles. The van der Waals surface area contributed by atoms with Crippen LogP contribution in [0.25, 0.3) is 11.2 Å². The molecule has 184 valence electrons. The zero-order valence-electron chi connectivity index (χ0n) is 20.1. The number of nitrogens with zero attached hydrogens (tertiary/aromatic N) is 7. The molecule has 6 rings (SSSR count). The number of hydrogen-bond donors (Lipinski definition) is 1. The van der Waals surface area contributed by atoms with E-state index >= 15 is 0 Å². The third-order valence-corrected chi connectivity index (χ3v) is 7.66. The molecule has 3 aliphatic heterocycles. The molecule has 0 aliphatic carbocycles. The van der Waals surface area contributed by atoms with E-state index in [0.717, 1.165) is 63.1 Å². The van der Waals surface area contributed by atoms with Crippen LogP contribution >= 0.6 is 0 Å². The van der Waals surface area contributed by atoms with E-state index in [2.05, 4.69) is 26.8 Å². The number of pyridine rings is 1. The number of methoxy groups -OCH3 is 1. The third-order valence-electron chi connectivity index (χ3n) is 7.66. The van der Waals surface area contributed by atoms with Crippen molar-refractivity contribution < 1.29 is 14.3 Å². The quantitative estimate of drug-likeness (QED) is 0.587. The summed E-state index contributed by atoms with van der Waals surface area (Å²) >= 11 is 0. The number of fused-ring (bicyclic) bond motifs is 2. The van der Waals surface area contributed by atoms with Crippen LogP contribution in [0.15, 0.2) is 24.5 Å². The van der Waals surface area contributed by atoms with Crippen LogP contribution in [0, 0.1) is 5.41 Å². The van der Waals surface area contributed by atoms with Crippen molar-refractivity contribution in [3.8, 4) is 0 Å². The van der Waals surface area contributed by atoms with Crippen LogP contribution in [0.3, 0.4) is 0 Å². The molecule has 0 radical (unpaired) electrons. The maximum atomic E-state index is 12.6. The van der Waals surface area contributed by atoms with Gasteiger partial charge in [0.25, 0.3) is 0 Å². The Labute approximate surface area is 203 Å². The van der Waals surface area contributed by atoms with Gasteiger partial charge in [-0.3, -0.25) is 4.98 Å². The van der Waals surface area contributed by atoms with Gasteiger partial charge in [0.1, 0.15) is 12.0 Å². The number of anilines is 3. The summed E-state index contributed by atoms with van der Waals surface area (Å²) in [6.07, 6.45) is 7.62. The van der Waals surface area contributed by atoms with Crippen molar-refractivity contribution in [2.45, 2.75) is 51.4 Å². The SMILES string of the molecule is COC(=O)n1nc(N2CCCc3ncccc32)c2ncc(N3CCC4(CC3)C[C@H](C)O[C@@H]4N)nc21. The number of rotatable bonds is 2. The highest BCUT2D eigenvalue weighted by Crippen LogP contribution is 2.45. The molecule has 3 aliphatic rings. The molecule has 11 nitrogen and oxygen atoms in total. The van der Waals surface area contributed by atoms with Crippen LogP contribution < -0.4 is 15.5 Å². The number of aryl methyl sites for hydroxylation is 1. The molecule has 0 amide bonds. The van der Waals surface area contributed by atoms with Crippen LogP contribution in [0.2, 0.25) is 0 Å². The summed E-state index contributed by atoms with van der Waals surface area (Å²) in [6.45, 7) is 4.44. The van der Waals surface area contributed by atoms with E-state index in [-0.39, 0.29) is 17.7 Å². The molecule has 1 spiro atoms. The van der Waals surface area contributed by atoms with Gasteiger partial charge in [-0.05, 0) is 51.2 Å². The Kier molecular flexibility index (Phi) is 5.33. The van der Waals surface area contributed by atoms with Crippen LogP contribution in [0.4, 0.5) is 22.1 Å². The topological polar surface area (TPSA) is 125 Å². The van der Waals surface area contributed by atoms with Gasteiger partial charge < -0.3 is 25.0 Å². The van der Waals surface area contributed by atoms with Gasteiger partial charge in [-0.15, -0.1) is 9.78 Å². The maximum absolute atomic E-state index is 12.6. The Morgan fingerprint density at radius 3 is 2.83 bits per heavy atom. The largest absolute Gasteiger partial charge is 0.451 e. The lowest BCUT2D eigenvalue weighted by atomic mass is 9.75. The molecule has 2 saturated heterocycles. The zero-order valence-corrected chi connectivity index (χ0v) is 20.1. The smallest absolute Gasteiger partial charge is 0.436 e. The number of nitrogens with two attached hydrogens (primary N) is 1. The first-order valence-electron chi connectivity index (χ1n) is 12.2. The number of carbonyl (C=O) groups is 1. The lowest BCUT2D eigenvalue weighted by molar-refractivity contribution is 0.0140. The number of ether oxygens (including phenoxy) is 2. The van der Waals surface area contributed by atoms with E-state index in [1.54, 1.807) is 12.4 Å². The standard InChI is InChI=1S/C24H30N8O3/c1-15-13-24(22(25)35-15)7-11-30(12-8-24)18-14-27-19-20(28-18)32(23(33)34-2)29-21(19)31-10-4-5-16-17(31)6-3-9-26-16/h3,6,9,14-15,22H,4-5,7-8,10-13,25H2,1-2H3/t15-,22-/m0/s1. The summed E-state index contributed by atoms with van der Waals surface area (Å²) in [5.41, 5.74) is 9.28. The van der Waals surface area contributed by atoms with Crippen molar-refractivity contribution in [3.05, 3.63) is 30.2 Å².